The van der Waals surface area contributed by atoms with Crippen LogP contribution in [0.5, 0.6) is 11.5 Å². The Bertz CT molecular complexity index is 649. The standard InChI is InChI=1S/C16H13Cl2NO3/c17-12-1-4-14(5-2-12)22-16-6-3-13(18)11-15(16)19(7-9-20)8-10-21/h1-6,9-11H,7-8H2. The molecule has 0 radical (unpaired) electrons. The summed E-state index contributed by atoms with van der Waals surface area (Å²) in [6.45, 7) is 0.131. The van der Waals surface area contributed by atoms with Gasteiger partial charge in [0.2, 0.25) is 0 Å². The van der Waals surface area contributed by atoms with Crippen molar-refractivity contribution in [2.24, 2.45) is 0 Å². The average molecular weight is 338 g/mol. The van der Waals surface area contributed by atoms with E-state index in [1.54, 1.807) is 47.4 Å². The molecule has 0 aliphatic rings. The molecule has 0 N–H and O–H groups in total. The molecule has 0 aliphatic heterocycles. The van der Waals surface area contributed by atoms with Crippen LogP contribution in [0.25, 0.3) is 0 Å². The van der Waals surface area contributed by atoms with E-state index < -0.39 is 0 Å². The van der Waals surface area contributed by atoms with Crippen molar-refractivity contribution in [3.63, 3.8) is 0 Å². The van der Waals surface area contributed by atoms with Gasteiger partial charge >= 0.3 is 0 Å². The molecule has 2 aromatic rings. The lowest BCUT2D eigenvalue weighted by Gasteiger charge is -2.22. The van der Waals surface area contributed by atoms with E-state index in [0.717, 1.165) is 12.6 Å². The summed E-state index contributed by atoms with van der Waals surface area (Å²) in [5.41, 5.74) is 0.571. The van der Waals surface area contributed by atoms with Crippen molar-refractivity contribution in [1.29, 1.82) is 0 Å². The largest absolute Gasteiger partial charge is 0.455 e. The molecule has 0 unspecified atom stereocenters. The van der Waals surface area contributed by atoms with Gasteiger partial charge in [0.05, 0.1) is 18.8 Å². The zero-order valence-electron chi connectivity index (χ0n) is 11.5. The third-order valence-corrected chi connectivity index (χ3v) is 3.38. The number of hydrogen-bond acceptors (Lipinski definition) is 4. The number of carbonyl (C=O) groups is 2. The maximum absolute atomic E-state index is 10.8. The Morgan fingerprint density at radius 3 is 2.09 bits per heavy atom. The van der Waals surface area contributed by atoms with Crippen LogP contribution in [0.2, 0.25) is 10.0 Å². The van der Waals surface area contributed by atoms with Gasteiger partial charge in [0, 0.05) is 10.0 Å². The first-order valence-electron chi connectivity index (χ1n) is 6.49. The van der Waals surface area contributed by atoms with Gasteiger partial charge in [-0.15, -0.1) is 0 Å². The minimum absolute atomic E-state index is 0.0655. The van der Waals surface area contributed by atoms with Crippen LogP contribution in [0.4, 0.5) is 5.69 Å². The fraction of sp³-hybridized carbons (Fsp3) is 0.125. The van der Waals surface area contributed by atoms with E-state index in [4.69, 9.17) is 27.9 Å². The van der Waals surface area contributed by atoms with Gasteiger partial charge in [-0.25, -0.2) is 0 Å². The van der Waals surface area contributed by atoms with E-state index in [0.29, 0.717) is 27.2 Å². The molecule has 0 saturated carbocycles. The normalized spacial score (nSPS) is 10.1. The Morgan fingerprint density at radius 2 is 1.50 bits per heavy atom. The van der Waals surface area contributed by atoms with Crippen molar-refractivity contribution < 1.29 is 14.3 Å². The molecule has 0 fully saturated rings. The molecule has 0 saturated heterocycles. The molecule has 114 valence electrons. The lowest BCUT2D eigenvalue weighted by Crippen LogP contribution is -2.27. The summed E-state index contributed by atoms with van der Waals surface area (Å²) in [6, 6.07) is 11.9. The van der Waals surface area contributed by atoms with Crippen LogP contribution in [-0.2, 0) is 9.59 Å². The highest BCUT2D eigenvalue weighted by molar-refractivity contribution is 6.31. The minimum atomic E-state index is 0.0655. The number of nitrogens with zero attached hydrogens (tertiary/aromatic N) is 1. The van der Waals surface area contributed by atoms with Crippen LogP contribution in [0.15, 0.2) is 42.5 Å². The third-order valence-electron chi connectivity index (χ3n) is 2.89. The molecular weight excluding hydrogens is 325 g/mol. The molecule has 4 nitrogen and oxygen atoms in total. The molecular formula is C16H13Cl2NO3. The first-order chi connectivity index (χ1) is 10.6. The second-order valence-corrected chi connectivity index (χ2v) is 5.28. The molecule has 22 heavy (non-hydrogen) atoms. The molecule has 0 heterocycles. The Kier molecular flexibility index (Phi) is 5.81. The molecule has 0 amide bonds. The highest BCUT2D eigenvalue weighted by Gasteiger charge is 2.13. The van der Waals surface area contributed by atoms with Crippen LogP contribution in [-0.4, -0.2) is 25.7 Å². The second kappa shape index (κ2) is 7.82. The van der Waals surface area contributed by atoms with E-state index in [1.807, 2.05) is 0 Å². The molecule has 0 atom stereocenters. The highest BCUT2D eigenvalue weighted by Crippen LogP contribution is 2.34. The number of benzene rings is 2. The van der Waals surface area contributed by atoms with Gasteiger partial charge in [0.25, 0.3) is 0 Å². The average Bonchev–Trinajstić information content (AvgIpc) is 2.51. The Morgan fingerprint density at radius 1 is 0.909 bits per heavy atom. The lowest BCUT2D eigenvalue weighted by molar-refractivity contribution is -0.107. The van der Waals surface area contributed by atoms with E-state index in [-0.39, 0.29) is 13.1 Å². The molecule has 0 aliphatic carbocycles. The zero-order chi connectivity index (χ0) is 15.9. The predicted octanol–water partition coefficient (Wildman–Crippen LogP) is 3.99. The molecule has 2 aromatic carbocycles. The summed E-state index contributed by atoms with van der Waals surface area (Å²) in [7, 11) is 0. The molecule has 0 spiro atoms. The quantitative estimate of drug-likeness (QED) is 0.716. The lowest BCUT2D eigenvalue weighted by atomic mass is 10.2. The van der Waals surface area contributed by atoms with Gasteiger partial charge in [-0.3, -0.25) is 0 Å². The van der Waals surface area contributed by atoms with Crippen LogP contribution >= 0.6 is 23.2 Å². The summed E-state index contributed by atoms with van der Waals surface area (Å²) in [5.74, 6) is 1.08. The molecule has 0 aromatic heterocycles. The second-order valence-electron chi connectivity index (χ2n) is 4.41. The number of rotatable bonds is 7. The molecule has 6 heteroatoms. The summed E-state index contributed by atoms with van der Waals surface area (Å²) in [6.07, 6.45) is 1.44. The van der Waals surface area contributed by atoms with Gasteiger partial charge in [0.15, 0.2) is 5.75 Å². The maximum atomic E-state index is 10.8. The maximum Gasteiger partial charge on any atom is 0.150 e. The molecule has 0 bridgehead atoms. The van der Waals surface area contributed by atoms with Gasteiger partial charge < -0.3 is 19.2 Å². The van der Waals surface area contributed by atoms with Crippen molar-refractivity contribution in [2.75, 3.05) is 18.0 Å². The Hall–Kier alpha value is -2.04. The number of aldehydes is 2. The Balaban J connectivity index is 2.35. The van der Waals surface area contributed by atoms with E-state index in [2.05, 4.69) is 0 Å². The van der Waals surface area contributed by atoms with Crippen molar-refractivity contribution in [2.45, 2.75) is 0 Å². The zero-order valence-corrected chi connectivity index (χ0v) is 13.1. The third kappa shape index (κ3) is 4.23. The minimum Gasteiger partial charge on any atom is -0.455 e. The van der Waals surface area contributed by atoms with Crippen molar-refractivity contribution >= 4 is 41.5 Å². The fourth-order valence-electron chi connectivity index (χ4n) is 1.90. The summed E-state index contributed by atoms with van der Waals surface area (Å²) < 4.78 is 5.80. The van der Waals surface area contributed by atoms with Crippen molar-refractivity contribution in [3.05, 3.63) is 52.5 Å². The SMILES string of the molecule is O=CCN(CC=O)c1cc(Cl)ccc1Oc1ccc(Cl)cc1. The first-order valence-corrected chi connectivity index (χ1v) is 7.25. The Labute approximate surface area is 138 Å². The number of hydrogen-bond donors (Lipinski definition) is 0. The highest BCUT2D eigenvalue weighted by atomic mass is 35.5. The van der Waals surface area contributed by atoms with Gasteiger partial charge in [-0.2, -0.15) is 0 Å². The van der Waals surface area contributed by atoms with Crippen LogP contribution in [0.3, 0.4) is 0 Å². The first kappa shape index (κ1) is 16.3. The van der Waals surface area contributed by atoms with Gasteiger partial charge in [-0.05, 0) is 42.5 Å². The van der Waals surface area contributed by atoms with Gasteiger partial charge in [0.1, 0.15) is 18.3 Å². The predicted molar refractivity (Wildman–Crippen MR) is 87.3 cm³/mol. The van der Waals surface area contributed by atoms with E-state index in [1.165, 1.54) is 0 Å². The van der Waals surface area contributed by atoms with Gasteiger partial charge in [-0.1, -0.05) is 23.2 Å². The summed E-state index contributed by atoms with van der Waals surface area (Å²) in [5, 5.41) is 1.09. The smallest absolute Gasteiger partial charge is 0.150 e. The monoisotopic (exact) mass is 337 g/mol. The van der Waals surface area contributed by atoms with Crippen molar-refractivity contribution in [3.8, 4) is 11.5 Å². The van der Waals surface area contributed by atoms with Crippen molar-refractivity contribution in [1.82, 2.24) is 0 Å². The number of ether oxygens (including phenoxy) is 1. The number of anilines is 1. The van der Waals surface area contributed by atoms with E-state index in [9.17, 15) is 9.59 Å². The number of carbonyl (C=O) groups excluding carboxylic acids is 2. The van der Waals surface area contributed by atoms with Crippen LogP contribution < -0.4 is 9.64 Å². The topological polar surface area (TPSA) is 46.6 Å². The summed E-state index contributed by atoms with van der Waals surface area (Å²) in [4.78, 5) is 23.2. The molecule has 2 rings (SSSR count). The summed E-state index contributed by atoms with van der Waals surface area (Å²) >= 11 is 11.8. The van der Waals surface area contributed by atoms with Crippen LogP contribution in [0.1, 0.15) is 0 Å². The van der Waals surface area contributed by atoms with E-state index >= 15 is 0 Å². The van der Waals surface area contributed by atoms with Crippen LogP contribution in [0, 0.1) is 0 Å². The number of halogens is 2. The fourth-order valence-corrected chi connectivity index (χ4v) is 2.20.